The molecule has 0 unspecified atom stereocenters. The summed E-state index contributed by atoms with van der Waals surface area (Å²) >= 11 is 0. The van der Waals surface area contributed by atoms with Crippen LogP contribution in [0, 0.1) is 19.9 Å². The predicted octanol–water partition coefficient (Wildman–Crippen LogP) is 17.1. The van der Waals surface area contributed by atoms with Crippen molar-refractivity contribution in [2.75, 3.05) is 0 Å². The van der Waals surface area contributed by atoms with Gasteiger partial charge in [0.05, 0.1) is 28.0 Å². The van der Waals surface area contributed by atoms with Gasteiger partial charge in [-0.1, -0.05) is 180 Å². The maximum absolute atomic E-state index is 11.4. The van der Waals surface area contributed by atoms with Gasteiger partial charge in [0.1, 0.15) is 17.0 Å². The van der Waals surface area contributed by atoms with Crippen LogP contribution >= 0.6 is 0 Å². The summed E-state index contributed by atoms with van der Waals surface area (Å²) < 4.78 is 8.97. The number of aryl methyl sites for hydroxylation is 4. The van der Waals surface area contributed by atoms with Crippen LogP contribution in [-0.2, 0) is 44.7 Å². The van der Waals surface area contributed by atoms with Crippen LogP contribution in [0.3, 0.4) is 0 Å². The van der Waals surface area contributed by atoms with Crippen molar-refractivity contribution in [3.05, 3.63) is 203 Å². The third-order valence-electron chi connectivity index (χ3n) is 14.7. The van der Waals surface area contributed by atoms with Gasteiger partial charge in [-0.15, -0.1) is 23.8 Å². The normalized spacial score (nSPS) is 12.6. The van der Waals surface area contributed by atoms with Crippen LogP contribution in [0.5, 0.6) is 5.75 Å². The van der Waals surface area contributed by atoms with E-state index in [1.165, 1.54) is 11.1 Å². The number of aromatic nitrogens is 3. The predicted molar refractivity (Wildman–Crippen MR) is 294 cm³/mol. The standard InChI is InChI=1S/C66H56N3O2.Pt/c1-39-16-11-17-40(2)63(39)69-54-35-33-52(60-48(43-19-12-21-46(36-43)65(3,4)5)24-15-25-49(60)44-20-13-22-47(37-44)66(6,7)8)58(45-30-32-51-50-23-9-10-27-56(50)71-57(51)38-45)62(54)68-64(69)53-34-31-42-29-28-41-18-14-26-55(70)59(41)61(42)67-53;/h9-27,31-38,70H,28-29H2,1-8H3;/q-1;. The molecule has 1 aliphatic carbocycles. The van der Waals surface area contributed by atoms with Gasteiger partial charge >= 0.3 is 0 Å². The van der Waals surface area contributed by atoms with E-state index >= 15 is 0 Å². The molecule has 0 fully saturated rings. The SMILES string of the molecule is Cc1cccc(C)c1-n1c(-c2ccc3c(n2)-c2c(O)cccc2CC3)nc2c(-c3[c-]cc4c(c3)oc3ccccc34)c(-c3c(-c4cccc(C(C)(C)C)c4)cccc3-c3cccc(C(C)(C)C)c3)ccc21.[Pt]. The average molecular weight is 1120 g/mol. The van der Waals surface area contributed by atoms with Gasteiger partial charge in [-0.05, 0) is 134 Å². The number of benzene rings is 8. The van der Waals surface area contributed by atoms with Crippen molar-refractivity contribution in [1.82, 2.24) is 14.5 Å². The molecule has 0 aliphatic heterocycles. The summed E-state index contributed by atoms with van der Waals surface area (Å²) in [5, 5.41) is 13.4. The van der Waals surface area contributed by atoms with Crippen LogP contribution in [0.2, 0.25) is 0 Å². The van der Waals surface area contributed by atoms with E-state index in [9.17, 15) is 5.11 Å². The molecule has 3 heterocycles. The van der Waals surface area contributed by atoms with E-state index in [0.29, 0.717) is 0 Å². The molecule has 1 N–H and O–H groups in total. The molecule has 358 valence electrons. The average Bonchev–Trinajstić information content (AvgIpc) is 3.93. The molecule has 0 bridgehead atoms. The number of phenolic OH excluding ortho intramolecular Hbond substituents is 1. The van der Waals surface area contributed by atoms with E-state index in [4.69, 9.17) is 14.4 Å². The Hall–Kier alpha value is -7.33. The van der Waals surface area contributed by atoms with Gasteiger partial charge in [0.15, 0.2) is 5.82 Å². The Bertz CT molecular complexity index is 3860. The molecule has 72 heavy (non-hydrogen) atoms. The first-order valence-corrected chi connectivity index (χ1v) is 24.8. The smallest absolute Gasteiger partial charge is 0.163 e. The van der Waals surface area contributed by atoms with Crippen molar-refractivity contribution in [2.45, 2.75) is 79.1 Å². The Kier molecular flexibility index (Phi) is 11.6. The Morgan fingerprint density at radius 2 is 1.19 bits per heavy atom. The van der Waals surface area contributed by atoms with Crippen LogP contribution in [0.25, 0.3) is 106 Å². The van der Waals surface area contributed by atoms with Crippen LogP contribution in [0.15, 0.2) is 168 Å². The van der Waals surface area contributed by atoms with E-state index in [2.05, 4.69) is 206 Å². The van der Waals surface area contributed by atoms with Crippen LogP contribution < -0.4 is 0 Å². The topological polar surface area (TPSA) is 64.1 Å². The maximum Gasteiger partial charge on any atom is 0.163 e. The quantitative estimate of drug-likeness (QED) is 0.169. The number of para-hydroxylation sites is 2. The second kappa shape index (κ2) is 17.8. The van der Waals surface area contributed by atoms with Gasteiger partial charge in [0, 0.05) is 26.6 Å². The van der Waals surface area contributed by atoms with Crippen molar-refractivity contribution in [1.29, 1.82) is 0 Å². The number of imidazole rings is 1. The van der Waals surface area contributed by atoms with E-state index in [1.807, 2.05) is 18.2 Å². The molecule has 0 saturated heterocycles. The molecule has 3 aromatic heterocycles. The first-order valence-electron chi connectivity index (χ1n) is 24.8. The first-order chi connectivity index (χ1) is 34.2. The van der Waals surface area contributed by atoms with Gasteiger partial charge in [-0.2, -0.15) is 0 Å². The summed E-state index contributed by atoms with van der Waals surface area (Å²) in [6.07, 6.45) is 1.69. The Morgan fingerprint density at radius 1 is 0.556 bits per heavy atom. The molecule has 0 amide bonds. The Morgan fingerprint density at radius 3 is 1.89 bits per heavy atom. The molecule has 5 nitrogen and oxygen atoms in total. The van der Waals surface area contributed by atoms with Crippen molar-refractivity contribution >= 4 is 33.0 Å². The first kappa shape index (κ1) is 47.0. The summed E-state index contributed by atoms with van der Waals surface area (Å²) in [6, 6.07) is 62.3. The number of fused-ring (bicyclic) bond motifs is 7. The van der Waals surface area contributed by atoms with Crippen LogP contribution in [-0.4, -0.2) is 19.6 Å². The molecular formula is C66H56N3O2Pt-. The second-order valence-corrected chi connectivity index (χ2v) is 21.5. The van der Waals surface area contributed by atoms with Crippen molar-refractivity contribution < 1.29 is 30.6 Å². The van der Waals surface area contributed by atoms with Gasteiger partial charge in [-0.3, -0.25) is 4.57 Å². The molecule has 0 saturated carbocycles. The number of rotatable bonds is 6. The molecule has 0 radical (unpaired) electrons. The van der Waals surface area contributed by atoms with E-state index < -0.39 is 0 Å². The zero-order valence-corrected chi connectivity index (χ0v) is 44.3. The molecule has 11 aromatic rings. The number of hydrogen-bond donors (Lipinski definition) is 1. The number of pyridine rings is 1. The van der Waals surface area contributed by atoms with Crippen LogP contribution in [0.1, 0.15) is 74.9 Å². The molecule has 0 atom stereocenters. The minimum absolute atomic E-state index is 0. The number of hydrogen-bond acceptors (Lipinski definition) is 4. The fraction of sp³-hybridized carbons (Fsp3) is 0.182. The van der Waals surface area contributed by atoms with Gasteiger partial charge in [0.2, 0.25) is 0 Å². The number of phenols is 1. The summed E-state index contributed by atoms with van der Waals surface area (Å²) in [7, 11) is 0. The van der Waals surface area contributed by atoms with Gasteiger partial charge in [0.25, 0.3) is 0 Å². The minimum atomic E-state index is -0.0572. The molecule has 8 aromatic carbocycles. The van der Waals surface area contributed by atoms with E-state index in [1.54, 1.807) is 6.07 Å². The molecule has 6 heteroatoms. The largest absolute Gasteiger partial charge is 0.507 e. The number of nitrogens with zero attached hydrogens (tertiary/aromatic N) is 3. The number of aromatic hydroxyl groups is 1. The van der Waals surface area contributed by atoms with E-state index in [0.717, 1.165) is 141 Å². The van der Waals surface area contributed by atoms with Crippen molar-refractivity contribution in [3.63, 3.8) is 0 Å². The molecule has 12 rings (SSSR count). The molecular weight excluding hydrogens is 1060 g/mol. The minimum Gasteiger partial charge on any atom is -0.507 e. The Labute approximate surface area is 436 Å². The molecule has 0 spiro atoms. The summed E-state index contributed by atoms with van der Waals surface area (Å²) in [4.78, 5) is 11.3. The fourth-order valence-corrected chi connectivity index (χ4v) is 11.0. The molecule has 1 aliphatic rings. The Balaban J connectivity index is 0.00000560. The summed E-state index contributed by atoms with van der Waals surface area (Å²) in [5.74, 6) is 0.963. The zero-order valence-electron chi connectivity index (χ0n) is 42.0. The van der Waals surface area contributed by atoms with E-state index in [-0.39, 0.29) is 37.6 Å². The summed E-state index contributed by atoms with van der Waals surface area (Å²) in [5.41, 5.74) is 22.2. The third kappa shape index (κ3) is 7.90. The second-order valence-electron chi connectivity index (χ2n) is 21.5. The van der Waals surface area contributed by atoms with Crippen LogP contribution in [0.4, 0.5) is 0 Å². The number of furan rings is 1. The van der Waals surface area contributed by atoms with Gasteiger partial charge < -0.3 is 9.52 Å². The van der Waals surface area contributed by atoms with Crippen molar-refractivity contribution in [3.8, 4) is 78.7 Å². The third-order valence-corrected chi connectivity index (χ3v) is 14.7. The maximum atomic E-state index is 11.4. The fourth-order valence-electron chi connectivity index (χ4n) is 11.0. The zero-order chi connectivity index (χ0) is 48.9. The van der Waals surface area contributed by atoms with Crippen molar-refractivity contribution in [2.24, 2.45) is 0 Å². The summed E-state index contributed by atoms with van der Waals surface area (Å²) in [6.45, 7) is 18.0. The van der Waals surface area contributed by atoms with Gasteiger partial charge in [-0.25, -0.2) is 9.97 Å². The monoisotopic (exact) mass is 1120 g/mol.